The lowest BCUT2D eigenvalue weighted by molar-refractivity contribution is 0.549. The second kappa shape index (κ2) is 5.76. The minimum absolute atomic E-state index is 0.676. The van der Waals surface area contributed by atoms with E-state index in [4.69, 9.17) is 23.2 Å². The molecule has 1 aliphatic rings. The first-order valence-corrected chi connectivity index (χ1v) is 6.41. The van der Waals surface area contributed by atoms with Crippen molar-refractivity contribution in [2.75, 3.05) is 25.0 Å². The molecular formula is C12H16Cl2N2. The molecule has 1 atom stereocenters. The van der Waals surface area contributed by atoms with Crippen molar-refractivity contribution in [3.63, 3.8) is 0 Å². The van der Waals surface area contributed by atoms with Gasteiger partial charge in [-0.05, 0) is 50.0 Å². The van der Waals surface area contributed by atoms with Crippen molar-refractivity contribution in [3.8, 4) is 0 Å². The highest BCUT2D eigenvalue weighted by atomic mass is 35.5. The van der Waals surface area contributed by atoms with Gasteiger partial charge in [-0.15, -0.1) is 0 Å². The number of anilines is 1. The number of hydrogen-bond donors (Lipinski definition) is 2. The van der Waals surface area contributed by atoms with Gasteiger partial charge in [0, 0.05) is 11.6 Å². The molecule has 16 heavy (non-hydrogen) atoms. The molecule has 1 heterocycles. The highest BCUT2D eigenvalue weighted by Crippen LogP contribution is 2.25. The third kappa shape index (κ3) is 3.27. The lowest BCUT2D eigenvalue weighted by Gasteiger charge is -2.11. The number of rotatable bonds is 4. The van der Waals surface area contributed by atoms with Gasteiger partial charge in [0.1, 0.15) is 0 Å². The normalized spacial score (nSPS) is 20.0. The summed E-state index contributed by atoms with van der Waals surface area (Å²) in [6.07, 6.45) is 2.47. The fourth-order valence-corrected chi connectivity index (χ4v) is 2.48. The zero-order valence-corrected chi connectivity index (χ0v) is 10.6. The van der Waals surface area contributed by atoms with Crippen LogP contribution in [-0.2, 0) is 0 Å². The summed E-state index contributed by atoms with van der Waals surface area (Å²) in [5, 5.41) is 8.09. The van der Waals surface area contributed by atoms with Crippen LogP contribution in [0.1, 0.15) is 12.8 Å². The lowest BCUT2D eigenvalue weighted by atomic mass is 10.1. The van der Waals surface area contributed by atoms with E-state index in [9.17, 15) is 0 Å². The first-order valence-electron chi connectivity index (χ1n) is 5.65. The molecule has 0 amide bonds. The molecule has 2 nitrogen and oxygen atoms in total. The van der Waals surface area contributed by atoms with Gasteiger partial charge >= 0.3 is 0 Å². The number of halogens is 2. The molecule has 1 aromatic carbocycles. The first kappa shape index (κ1) is 12.0. The Morgan fingerprint density at radius 1 is 1.38 bits per heavy atom. The van der Waals surface area contributed by atoms with Crippen molar-refractivity contribution in [1.29, 1.82) is 0 Å². The summed E-state index contributed by atoms with van der Waals surface area (Å²) in [6, 6.07) is 5.55. The third-order valence-corrected chi connectivity index (χ3v) is 3.51. The van der Waals surface area contributed by atoms with Crippen molar-refractivity contribution in [1.82, 2.24) is 5.32 Å². The summed E-state index contributed by atoms with van der Waals surface area (Å²) in [7, 11) is 0. The Balaban J connectivity index is 1.80. The second-order valence-corrected chi connectivity index (χ2v) is 5.04. The van der Waals surface area contributed by atoms with Crippen LogP contribution < -0.4 is 10.6 Å². The van der Waals surface area contributed by atoms with Gasteiger partial charge in [-0.2, -0.15) is 0 Å². The van der Waals surface area contributed by atoms with Crippen molar-refractivity contribution in [3.05, 3.63) is 28.2 Å². The van der Waals surface area contributed by atoms with E-state index in [1.54, 1.807) is 6.07 Å². The maximum Gasteiger partial charge on any atom is 0.0652 e. The molecule has 1 fully saturated rings. The summed E-state index contributed by atoms with van der Waals surface area (Å²) >= 11 is 11.9. The molecule has 2 N–H and O–H groups in total. The van der Waals surface area contributed by atoms with Gasteiger partial charge in [-0.3, -0.25) is 0 Å². The smallest absolute Gasteiger partial charge is 0.0652 e. The predicted octanol–water partition coefficient (Wildman–Crippen LogP) is 3.40. The topological polar surface area (TPSA) is 24.1 Å². The standard InChI is InChI=1S/C12H16Cl2N2/c13-10-1-2-12(11(14)7-10)16-6-4-9-3-5-15-8-9/h1-2,7,9,15-16H,3-6,8H2. The SMILES string of the molecule is Clc1ccc(NCCC2CCNC2)c(Cl)c1. The molecule has 0 spiro atoms. The molecule has 1 aliphatic heterocycles. The minimum atomic E-state index is 0.676. The zero-order valence-electron chi connectivity index (χ0n) is 9.10. The summed E-state index contributed by atoms with van der Waals surface area (Å²) in [5.74, 6) is 0.804. The molecular weight excluding hydrogens is 243 g/mol. The van der Waals surface area contributed by atoms with E-state index < -0.39 is 0 Å². The summed E-state index contributed by atoms with van der Waals surface area (Å²) < 4.78 is 0. The monoisotopic (exact) mass is 258 g/mol. The van der Waals surface area contributed by atoms with Crippen LogP contribution in [0.25, 0.3) is 0 Å². The van der Waals surface area contributed by atoms with Gasteiger partial charge in [0.2, 0.25) is 0 Å². The van der Waals surface area contributed by atoms with Crippen molar-refractivity contribution in [2.45, 2.75) is 12.8 Å². The van der Waals surface area contributed by atoms with Gasteiger partial charge in [0.25, 0.3) is 0 Å². The third-order valence-electron chi connectivity index (χ3n) is 2.96. The van der Waals surface area contributed by atoms with E-state index in [0.29, 0.717) is 10.0 Å². The van der Waals surface area contributed by atoms with E-state index in [1.807, 2.05) is 12.1 Å². The highest BCUT2D eigenvalue weighted by molar-refractivity contribution is 6.36. The number of hydrogen-bond acceptors (Lipinski definition) is 2. The maximum atomic E-state index is 6.07. The second-order valence-electron chi connectivity index (χ2n) is 4.20. The quantitative estimate of drug-likeness (QED) is 0.865. The van der Waals surface area contributed by atoms with Gasteiger partial charge in [0.15, 0.2) is 0 Å². The van der Waals surface area contributed by atoms with Crippen LogP contribution in [-0.4, -0.2) is 19.6 Å². The number of benzene rings is 1. The Morgan fingerprint density at radius 2 is 2.25 bits per heavy atom. The van der Waals surface area contributed by atoms with Crippen LogP contribution in [0.4, 0.5) is 5.69 Å². The minimum Gasteiger partial charge on any atom is -0.384 e. The zero-order chi connectivity index (χ0) is 11.4. The summed E-state index contributed by atoms with van der Waals surface area (Å²) in [6.45, 7) is 3.27. The van der Waals surface area contributed by atoms with Crippen molar-refractivity contribution in [2.24, 2.45) is 5.92 Å². The fraction of sp³-hybridized carbons (Fsp3) is 0.500. The fourth-order valence-electron chi connectivity index (χ4n) is 2.00. The molecule has 0 saturated carbocycles. The van der Waals surface area contributed by atoms with Crippen LogP contribution in [0, 0.1) is 5.92 Å². The predicted molar refractivity (Wildman–Crippen MR) is 70.5 cm³/mol. The van der Waals surface area contributed by atoms with Crippen LogP contribution in [0.15, 0.2) is 18.2 Å². The molecule has 0 aliphatic carbocycles. The molecule has 4 heteroatoms. The average Bonchev–Trinajstić information content (AvgIpc) is 2.74. The lowest BCUT2D eigenvalue weighted by Crippen LogP contribution is -2.12. The van der Waals surface area contributed by atoms with Crippen molar-refractivity contribution >= 4 is 28.9 Å². The molecule has 0 aromatic heterocycles. The Kier molecular flexibility index (Phi) is 4.33. The molecule has 1 saturated heterocycles. The van der Waals surface area contributed by atoms with E-state index in [2.05, 4.69) is 10.6 Å². The van der Waals surface area contributed by atoms with E-state index in [-0.39, 0.29) is 0 Å². The maximum absolute atomic E-state index is 6.07. The Hall–Kier alpha value is -0.440. The first-order chi connectivity index (χ1) is 7.75. The average molecular weight is 259 g/mol. The molecule has 1 unspecified atom stereocenters. The Labute approximate surface area is 106 Å². The van der Waals surface area contributed by atoms with Gasteiger partial charge in [-0.25, -0.2) is 0 Å². The molecule has 0 bridgehead atoms. The largest absolute Gasteiger partial charge is 0.384 e. The molecule has 1 aromatic rings. The van der Waals surface area contributed by atoms with E-state index in [0.717, 1.165) is 31.2 Å². The molecule has 0 radical (unpaired) electrons. The van der Waals surface area contributed by atoms with E-state index in [1.165, 1.54) is 12.8 Å². The van der Waals surface area contributed by atoms with E-state index >= 15 is 0 Å². The highest BCUT2D eigenvalue weighted by Gasteiger charge is 2.13. The van der Waals surface area contributed by atoms with Crippen molar-refractivity contribution < 1.29 is 0 Å². The van der Waals surface area contributed by atoms with Crippen LogP contribution in [0.5, 0.6) is 0 Å². The summed E-state index contributed by atoms with van der Waals surface area (Å²) in [5.41, 5.74) is 0.969. The van der Waals surface area contributed by atoms with Gasteiger partial charge in [-0.1, -0.05) is 23.2 Å². The number of nitrogens with one attached hydrogen (secondary N) is 2. The van der Waals surface area contributed by atoms with Gasteiger partial charge < -0.3 is 10.6 Å². The molecule has 2 rings (SSSR count). The van der Waals surface area contributed by atoms with Gasteiger partial charge in [0.05, 0.1) is 10.7 Å². The van der Waals surface area contributed by atoms with Crippen LogP contribution in [0.2, 0.25) is 10.0 Å². The summed E-state index contributed by atoms with van der Waals surface area (Å²) in [4.78, 5) is 0. The van der Waals surface area contributed by atoms with Crippen LogP contribution >= 0.6 is 23.2 Å². The van der Waals surface area contributed by atoms with Crippen LogP contribution in [0.3, 0.4) is 0 Å². The Morgan fingerprint density at radius 3 is 2.94 bits per heavy atom. The Bertz CT molecular complexity index is 349. The molecule has 88 valence electrons.